The van der Waals surface area contributed by atoms with E-state index in [1.54, 1.807) is 25.1 Å². The maximum absolute atomic E-state index is 12.3. The molecule has 29 heavy (non-hydrogen) atoms. The number of nitrogens with two attached hydrogens (primary N) is 1. The fourth-order valence-electron chi connectivity index (χ4n) is 2.89. The molecular formula is C19H23N3O7. The summed E-state index contributed by atoms with van der Waals surface area (Å²) >= 11 is 0. The summed E-state index contributed by atoms with van der Waals surface area (Å²) in [5.41, 5.74) is 5.33. The normalized spacial score (nSPS) is 11.7. The van der Waals surface area contributed by atoms with Gasteiger partial charge in [0.2, 0.25) is 5.91 Å². The first-order valence-corrected chi connectivity index (χ1v) is 8.88. The Morgan fingerprint density at radius 3 is 2.66 bits per heavy atom. The van der Waals surface area contributed by atoms with Gasteiger partial charge in [-0.05, 0) is 37.5 Å². The molecular weight excluding hydrogens is 382 g/mol. The molecule has 5 N–H and O–H groups in total. The SMILES string of the molecule is COc1ccc2c(C)c(CC(=O)NC(CCCNC(N)=O)C(=O)O)c(=O)oc2c1. The quantitative estimate of drug-likeness (QED) is 0.352. The third kappa shape index (κ3) is 5.71. The van der Waals surface area contributed by atoms with E-state index in [1.807, 2.05) is 0 Å². The zero-order chi connectivity index (χ0) is 21.6. The average molecular weight is 405 g/mol. The molecule has 10 heteroatoms. The van der Waals surface area contributed by atoms with Gasteiger partial charge in [0.25, 0.3) is 0 Å². The molecule has 0 aliphatic carbocycles. The van der Waals surface area contributed by atoms with Gasteiger partial charge in [0, 0.05) is 18.0 Å². The van der Waals surface area contributed by atoms with Crippen LogP contribution in [-0.4, -0.2) is 42.7 Å². The number of carboxylic acid groups (broad SMARTS) is 1. The second kappa shape index (κ2) is 9.58. The minimum Gasteiger partial charge on any atom is -0.497 e. The van der Waals surface area contributed by atoms with E-state index in [9.17, 15) is 24.3 Å². The summed E-state index contributed by atoms with van der Waals surface area (Å²) in [5, 5.41) is 14.7. The van der Waals surface area contributed by atoms with Crippen LogP contribution >= 0.6 is 0 Å². The molecule has 2 rings (SSSR count). The van der Waals surface area contributed by atoms with Gasteiger partial charge in [0.1, 0.15) is 17.4 Å². The highest BCUT2D eigenvalue weighted by Crippen LogP contribution is 2.24. The molecule has 3 amide bonds. The first-order valence-electron chi connectivity index (χ1n) is 8.88. The number of ether oxygens (including phenoxy) is 1. The van der Waals surface area contributed by atoms with Crippen molar-refractivity contribution >= 4 is 28.9 Å². The largest absolute Gasteiger partial charge is 0.497 e. The zero-order valence-corrected chi connectivity index (χ0v) is 16.1. The number of carboxylic acids is 1. The van der Waals surface area contributed by atoms with Crippen molar-refractivity contribution in [2.75, 3.05) is 13.7 Å². The smallest absolute Gasteiger partial charge is 0.340 e. The molecule has 0 fully saturated rings. The minimum absolute atomic E-state index is 0.0897. The number of benzene rings is 1. The van der Waals surface area contributed by atoms with Crippen molar-refractivity contribution in [2.24, 2.45) is 5.73 Å². The van der Waals surface area contributed by atoms with Crippen LogP contribution in [0.4, 0.5) is 4.79 Å². The van der Waals surface area contributed by atoms with E-state index in [4.69, 9.17) is 14.9 Å². The van der Waals surface area contributed by atoms with Crippen molar-refractivity contribution in [2.45, 2.75) is 32.2 Å². The first kappa shape index (κ1) is 21.7. The first-order chi connectivity index (χ1) is 13.7. The van der Waals surface area contributed by atoms with E-state index >= 15 is 0 Å². The molecule has 0 saturated carbocycles. The maximum Gasteiger partial charge on any atom is 0.340 e. The highest BCUT2D eigenvalue weighted by atomic mass is 16.5. The molecule has 0 spiro atoms. The van der Waals surface area contributed by atoms with Gasteiger partial charge in [-0.1, -0.05) is 0 Å². The third-order valence-corrected chi connectivity index (χ3v) is 4.43. The molecule has 2 aromatic rings. The number of urea groups is 1. The Morgan fingerprint density at radius 2 is 2.03 bits per heavy atom. The topological polar surface area (TPSA) is 161 Å². The van der Waals surface area contributed by atoms with Crippen molar-refractivity contribution in [3.8, 4) is 5.75 Å². The van der Waals surface area contributed by atoms with E-state index in [1.165, 1.54) is 7.11 Å². The monoisotopic (exact) mass is 405 g/mol. The van der Waals surface area contributed by atoms with Gasteiger partial charge in [-0.25, -0.2) is 14.4 Å². The van der Waals surface area contributed by atoms with Crippen molar-refractivity contribution in [1.82, 2.24) is 10.6 Å². The number of carbonyl (C=O) groups is 3. The summed E-state index contributed by atoms with van der Waals surface area (Å²) in [6, 6.07) is 3.14. The standard InChI is InChI=1S/C19H23N3O7/c1-10-12-6-5-11(28-2)8-15(12)29-18(26)13(10)9-16(23)22-14(17(24)25)4-3-7-21-19(20)27/h5-6,8,14H,3-4,7,9H2,1-2H3,(H,22,23)(H,24,25)(H3,20,21,27). The predicted octanol–water partition coefficient (Wildman–Crippen LogP) is 0.670. The second-order valence-corrected chi connectivity index (χ2v) is 6.42. The summed E-state index contributed by atoms with van der Waals surface area (Å²) in [5.74, 6) is -1.31. The second-order valence-electron chi connectivity index (χ2n) is 6.42. The van der Waals surface area contributed by atoms with E-state index in [0.29, 0.717) is 28.7 Å². The van der Waals surface area contributed by atoms with Gasteiger partial charge < -0.3 is 30.6 Å². The molecule has 0 aliphatic heterocycles. The van der Waals surface area contributed by atoms with Crippen LogP contribution in [0.3, 0.4) is 0 Å². The van der Waals surface area contributed by atoms with Gasteiger partial charge in [0.05, 0.1) is 19.1 Å². The number of hydrogen-bond acceptors (Lipinski definition) is 6. The molecule has 0 bridgehead atoms. The van der Waals surface area contributed by atoms with Crippen LogP contribution in [-0.2, 0) is 16.0 Å². The lowest BCUT2D eigenvalue weighted by atomic mass is 10.0. The summed E-state index contributed by atoms with van der Waals surface area (Å²) < 4.78 is 10.4. The van der Waals surface area contributed by atoms with Gasteiger partial charge in [-0.2, -0.15) is 0 Å². The van der Waals surface area contributed by atoms with Crippen molar-refractivity contribution < 1.29 is 28.6 Å². The minimum atomic E-state index is -1.22. The van der Waals surface area contributed by atoms with E-state index in [0.717, 1.165) is 0 Å². The lowest BCUT2D eigenvalue weighted by molar-refractivity contribution is -0.141. The molecule has 1 aromatic carbocycles. The predicted molar refractivity (Wildman–Crippen MR) is 104 cm³/mol. The summed E-state index contributed by atoms with van der Waals surface area (Å²) in [4.78, 5) is 46.7. The number of rotatable bonds is 9. The van der Waals surface area contributed by atoms with Gasteiger partial charge >= 0.3 is 17.6 Å². The highest BCUT2D eigenvalue weighted by Gasteiger charge is 2.22. The molecule has 1 heterocycles. The fourth-order valence-corrected chi connectivity index (χ4v) is 2.89. The van der Waals surface area contributed by atoms with Gasteiger partial charge in [0.15, 0.2) is 0 Å². The molecule has 1 atom stereocenters. The number of carbonyl (C=O) groups excluding carboxylic acids is 2. The Hall–Kier alpha value is -3.56. The Kier molecular flexibility index (Phi) is 7.18. The average Bonchev–Trinajstić information content (AvgIpc) is 2.66. The summed E-state index contributed by atoms with van der Waals surface area (Å²) in [6.45, 7) is 1.88. The maximum atomic E-state index is 12.3. The fraction of sp³-hybridized carbons (Fsp3) is 0.368. The van der Waals surface area contributed by atoms with Crippen LogP contribution in [0.25, 0.3) is 11.0 Å². The lowest BCUT2D eigenvalue weighted by Crippen LogP contribution is -2.42. The molecule has 10 nitrogen and oxygen atoms in total. The van der Waals surface area contributed by atoms with Crippen molar-refractivity contribution in [3.63, 3.8) is 0 Å². The Balaban J connectivity index is 2.12. The molecule has 0 aliphatic rings. The highest BCUT2D eigenvalue weighted by molar-refractivity contribution is 5.87. The Bertz CT molecular complexity index is 984. The van der Waals surface area contributed by atoms with Crippen LogP contribution in [0.15, 0.2) is 27.4 Å². The van der Waals surface area contributed by atoms with E-state index < -0.39 is 29.6 Å². The number of hydrogen-bond donors (Lipinski definition) is 4. The van der Waals surface area contributed by atoms with Crippen LogP contribution < -0.4 is 26.7 Å². The molecule has 0 saturated heterocycles. The molecule has 1 unspecified atom stereocenters. The summed E-state index contributed by atoms with van der Waals surface area (Å²) in [7, 11) is 1.49. The third-order valence-electron chi connectivity index (χ3n) is 4.43. The van der Waals surface area contributed by atoms with E-state index in [-0.39, 0.29) is 24.9 Å². The number of fused-ring (bicyclic) bond motifs is 1. The molecule has 1 aromatic heterocycles. The Morgan fingerprint density at radius 1 is 1.31 bits per heavy atom. The van der Waals surface area contributed by atoms with Crippen LogP contribution in [0.2, 0.25) is 0 Å². The van der Waals surface area contributed by atoms with E-state index in [2.05, 4.69) is 10.6 Å². The Labute approximate surface area is 166 Å². The number of aliphatic carboxylic acids is 1. The number of nitrogens with one attached hydrogen (secondary N) is 2. The number of primary amides is 1. The van der Waals surface area contributed by atoms with Crippen molar-refractivity contribution in [1.29, 1.82) is 0 Å². The van der Waals surface area contributed by atoms with Gasteiger partial charge in [-0.3, -0.25) is 4.79 Å². The number of aryl methyl sites for hydroxylation is 1. The lowest BCUT2D eigenvalue weighted by Gasteiger charge is -2.15. The van der Waals surface area contributed by atoms with Crippen LogP contribution in [0.5, 0.6) is 5.75 Å². The zero-order valence-electron chi connectivity index (χ0n) is 16.1. The van der Waals surface area contributed by atoms with Crippen LogP contribution in [0, 0.1) is 6.92 Å². The molecule has 0 radical (unpaired) electrons. The molecule has 156 valence electrons. The number of methoxy groups -OCH3 is 1. The summed E-state index contributed by atoms with van der Waals surface area (Å²) in [6.07, 6.45) is 0.0745. The van der Waals surface area contributed by atoms with Crippen molar-refractivity contribution in [3.05, 3.63) is 39.7 Å². The van der Waals surface area contributed by atoms with Crippen LogP contribution in [0.1, 0.15) is 24.0 Å². The number of amides is 3. The van der Waals surface area contributed by atoms with Gasteiger partial charge in [-0.15, -0.1) is 0 Å².